The second-order valence-corrected chi connectivity index (χ2v) is 6.71. The van der Waals surface area contributed by atoms with Gasteiger partial charge in [0.2, 0.25) is 5.91 Å². The van der Waals surface area contributed by atoms with Crippen LogP contribution in [0.2, 0.25) is 0 Å². The fourth-order valence-electron chi connectivity index (χ4n) is 2.60. The fraction of sp³-hybridized carbons (Fsp3) is 0.556. The highest BCUT2D eigenvalue weighted by molar-refractivity contribution is 5.99. The molecule has 0 radical (unpaired) electrons. The molecule has 1 unspecified atom stereocenters. The molecule has 1 aliphatic rings. The molecule has 0 aliphatic carbocycles. The van der Waals surface area contributed by atoms with Crippen molar-refractivity contribution in [2.45, 2.75) is 52.7 Å². The summed E-state index contributed by atoms with van der Waals surface area (Å²) in [7, 11) is 0. The van der Waals surface area contributed by atoms with Crippen LogP contribution in [0, 0.1) is 12.8 Å². The molecule has 1 amide bonds. The number of carboxylic acid groups (broad SMARTS) is 1. The van der Waals surface area contributed by atoms with E-state index in [1.807, 2.05) is 39.0 Å². The molecule has 2 rings (SSSR count). The molecule has 1 N–H and O–H groups in total. The molecule has 5 nitrogen and oxygen atoms in total. The van der Waals surface area contributed by atoms with Crippen LogP contribution in [0.4, 0.5) is 5.69 Å². The lowest BCUT2D eigenvalue weighted by molar-refractivity contribution is -0.141. The summed E-state index contributed by atoms with van der Waals surface area (Å²) < 4.78 is 5.95. The lowest BCUT2D eigenvalue weighted by atomic mass is 10.0. The summed E-state index contributed by atoms with van der Waals surface area (Å²) in [6.45, 7) is 8.85. The average Bonchev–Trinajstić information content (AvgIpc) is 2.88. The van der Waals surface area contributed by atoms with Crippen molar-refractivity contribution in [2.75, 3.05) is 11.4 Å². The van der Waals surface area contributed by atoms with E-state index in [1.165, 1.54) is 0 Å². The number of aliphatic carboxylic acids is 1. The first-order valence-electron chi connectivity index (χ1n) is 8.01. The fourth-order valence-corrected chi connectivity index (χ4v) is 2.60. The van der Waals surface area contributed by atoms with Crippen molar-refractivity contribution < 1.29 is 19.4 Å². The van der Waals surface area contributed by atoms with Crippen molar-refractivity contribution in [2.24, 2.45) is 5.92 Å². The normalized spacial score (nSPS) is 18.5. The number of carbonyl (C=O) groups is 2. The molecule has 1 atom stereocenters. The van der Waals surface area contributed by atoms with Gasteiger partial charge >= 0.3 is 5.97 Å². The molecule has 0 spiro atoms. The zero-order chi connectivity index (χ0) is 17.2. The lowest BCUT2D eigenvalue weighted by Crippen LogP contribution is -2.27. The number of anilines is 1. The molecule has 0 bridgehead atoms. The van der Waals surface area contributed by atoms with Crippen LogP contribution in [-0.4, -0.2) is 29.1 Å². The number of hydrogen-bond donors (Lipinski definition) is 1. The Morgan fingerprint density at radius 1 is 1.43 bits per heavy atom. The molecular weight excluding hydrogens is 294 g/mol. The van der Waals surface area contributed by atoms with E-state index in [9.17, 15) is 9.59 Å². The van der Waals surface area contributed by atoms with Crippen molar-refractivity contribution in [3.05, 3.63) is 29.3 Å². The maximum atomic E-state index is 12.1. The molecule has 1 fully saturated rings. The number of benzene rings is 1. The van der Waals surface area contributed by atoms with E-state index in [0.717, 1.165) is 23.2 Å². The van der Waals surface area contributed by atoms with Gasteiger partial charge in [-0.15, -0.1) is 0 Å². The quantitative estimate of drug-likeness (QED) is 0.875. The topological polar surface area (TPSA) is 66.8 Å². The number of carbonyl (C=O) groups excluding carboxylic acids is 1. The van der Waals surface area contributed by atoms with Gasteiger partial charge in [-0.3, -0.25) is 9.59 Å². The van der Waals surface area contributed by atoms with Crippen LogP contribution >= 0.6 is 0 Å². The predicted molar refractivity (Wildman–Crippen MR) is 88.4 cm³/mol. The largest absolute Gasteiger partial charge is 0.481 e. The minimum Gasteiger partial charge on any atom is -0.481 e. The van der Waals surface area contributed by atoms with Gasteiger partial charge in [0, 0.05) is 18.7 Å². The van der Waals surface area contributed by atoms with Crippen LogP contribution in [0.15, 0.2) is 18.2 Å². The summed E-state index contributed by atoms with van der Waals surface area (Å²) in [4.78, 5) is 24.9. The summed E-state index contributed by atoms with van der Waals surface area (Å²) >= 11 is 0. The molecule has 1 aliphatic heterocycles. The van der Waals surface area contributed by atoms with Gasteiger partial charge in [-0.2, -0.15) is 0 Å². The van der Waals surface area contributed by atoms with Gasteiger partial charge in [0.05, 0.1) is 18.1 Å². The van der Waals surface area contributed by atoms with Gasteiger partial charge < -0.3 is 14.7 Å². The first-order chi connectivity index (χ1) is 10.7. The van der Waals surface area contributed by atoms with Crippen molar-refractivity contribution >= 4 is 17.6 Å². The van der Waals surface area contributed by atoms with Crippen LogP contribution in [0.1, 0.15) is 44.7 Å². The monoisotopic (exact) mass is 319 g/mol. The third-order valence-corrected chi connectivity index (χ3v) is 4.65. The standard InChI is InChI=1S/C18H25NO4/c1-5-18(3,4)23-11-13-7-6-8-15(12(13)2)19-10-14(17(21)22)9-16(19)20/h6-8,14H,5,9-11H2,1-4H3,(H,21,22). The Morgan fingerprint density at radius 2 is 2.13 bits per heavy atom. The highest BCUT2D eigenvalue weighted by atomic mass is 16.5. The van der Waals surface area contributed by atoms with E-state index in [2.05, 4.69) is 6.92 Å². The smallest absolute Gasteiger partial charge is 0.308 e. The number of rotatable bonds is 6. The third kappa shape index (κ3) is 3.91. The first-order valence-corrected chi connectivity index (χ1v) is 8.01. The van der Waals surface area contributed by atoms with Gasteiger partial charge in [0.25, 0.3) is 0 Å². The van der Waals surface area contributed by atoms with Gasteiger partial charge in [0.15, 0.2) is 0 Å². The SMILES string of the molecule is CCC(C)(C)OCc1cccc(N2CC(C(=O)O)CC2=O)c1C. The van der Waals surface area contributed by atoms with Crippen molar-refractivity contribution in [1.82, 2.24) is 0 Å². The molecule has 0 saturated carbocycles. The van der Waals surface area contributed by atoms with Crippen LogP contribution < -0.4 is 4.90 Å². The molecule has 1 aromatic carbocycles. The Hall–Kier alpha value is -1.88. The maximum absolute atomic E-state index is 12.1. The van der Waals surface area contributed by atoms with Gasteiger partial charge in [-0.25, -0.2) is 0 Å². The van der Waals surface area contributed by atoms with Crippen molar-refractivity contribution in [3.63, 3.8) is 0 Å². The lowest BCUT2D eigenvalue weighted by Gasteiger charge is -2.25. The number of hydrogen-bond acceptors (Lipinski definition) is 3. The number of amides is 1. The molecule has 1 aromatic rings. The first kappa shape index (κ1) is 17.5. The summed E-state index contributed by atoms with van der Waals surface area (Å²) in [6, 6.07) is 5.74. The van der Waals surface area contributed by atoms with Crippen LogP contribution in [0.5, 0.6) is 0 Å². The number of carboxylic acids is 1. The van der Waals surface area contributed by atoms with Crippen LogP contribution in [0.25, 0.3) is 0 Å². The zero-order valence-corrected chi connectivity index (χ0v) is 14.3. The molecule has 126 valence electrons. The van der Waals surface area contributed by atoms with E-state index in [1.54, 1.807) is 4.90 Å². The van der Waals surface area contributed by atoms with Crippen molar-refractivity contribution in [3.8, 4) is 0 Å². The van der Waals surface area contributed by atoms with E-state index in [4.69, 9.17) is 9.84 Å². The minimum atomic E-state index is -0.914. The van der Waals surface area contributed by atoms with Gasteiger partial charge in [-0.1, -0.05) is 19.1 Å². The molecule has 1 heterocycles. The number of ether oxygens (including phenoxy) is 1. The molecule has 23 heavy (non-hydrogen) atoms. The Morgan fingerprint density at radius 3 is 2.70 bits per heavy atom. The Balaban J connectivity index is 2.20. The summed E-state index contributed by atoms with van der Waals surface area (Å²) in [5, 5.41) is 9.12. The highest BCUT2D eigenvalue weighted by Gasteiger charge is 2.35. The molecule has 0 aromatic heterocycles. The molecule has 5 heteroatoms. The van der Waals surface area contributed by atoms with Crippen LogP contribution in [0.3, 0.4) is 0 Å². The molecular formula is C18H25NO4. The highest BCUT2D eigenvalue weighted by Crippen LogP contribution is 2.30. The third-order valence-electron chi connectivity index (χ3n) is 4.65. The average molecular weight is 319 g/mol. The predicted octanol–water partition coefficient (Wildman–Crippen LogP) is 3.14. The Kier molecular flexibility index (Phi) is 5.09. The maximum Gasteiger partial charge on any atom is 0.308 e. The van der Waals surface area contributed by atoms with E-state index < -0.39 is 11.9 Å². The summed E-state index contributed by atoms with van der Waals surface area (Å²) in [5.41, 5.74) is 2.59. The minimum absolute atomic E-state index is 0.0678. The Labute approximate surface area is 137 Å². The summed E-state index contributed by atoms with van der Waals surface area (Å²) in [6.07, 6.45) is 0.981. The van der Waals surface area contributed by atoms with Gasteiger partial charge in [0.1, 0.15) is 0 Å². The van der Waals surface area contributed by atoms with E-state index in [0.29, 0.717) is 6.61 Å². The second-order valence-electron chi connectivity index (χ2n) is 6.71. The Bertz CT molecular complexity index is 609. The van der Waals surface area contributed by atoms with Crippen molar-refractivity contribution in [1.29, 1.82) is 0 Å². The van der Waals surface area contributed by atoms with E-state index >= 15 is 0 Å². The number of nitrogens with zero attached hydrogens (tertiary/aromatic N) is 1. The zero-order valence-electron chi connectivity index (χ0n) is 14.3. The second kappa shape index (κ2) is 6.71. The van der Waals surface area contributed by atoms with Gasteiger partial charge in [-0.05, 0) is 44.4 Å². The summed E-state index contributed by atoms with van der Waals surface area (Å²) in [5.74, 6) is -1.67. The van der Waals surface area contributed by atoms with Crippen LogP contribution in [-0.2, 0) is 20.9 Å². The van der Waals surface area contributed by atoms with E-state index in [-0.39, 0.29) is 24.5 Å². The molecule has 1 saturated heterocycles.